The molecule has 0 aromatic rings. The maximum Gasteiger partial charge on any atom is 0.326 e. The largest absolute Gasteiger partial charge is 0.480 e. The Morgan fingerprint density at radius 1 is 1.56 bits per heavy atom. The molecule has 0 aliphatic carbocycles. The smallest absolute Gasteiger partial charge is 0.326 e. The number of carbonyl (C=O) groups excluding carboxylic acids is 1. The Morgan fingerprint density at radius 3 is 2.69 bits per heavy atom. The van der Waals surface area contributed by atoms with Gasteiger partial charge in [-0.2, -0.15) is 0 Å². The van der Waals surface area contributed by atoms with E-state index < -0.39 is 18.1 Å². The van der Waals surface area contributed by atoms with Gasteiger partial charge in [0.2, 0.25) is 5.91 Å². The van der Waals surface area contributed by atoms with Crippen molar-refractivity contribution in [1.29, 1.82) is 0 Å². The number of nitrogens with one attached hydrogen (secondary N) is 1. The zero-order chi connectivity index (χ0) is 12.1. The first-order valence-corrected chi connectivity index (χ1v) is 5.71. The molecule has 2 N–H and O–H groups in total. The van der Waals surface area contributed by atoms with Crippen LogP contribution in [-0.4, -0.2) is 35.7 Å². The number of hydrogen-bond acceptors (Lipinski definition) is 3. The van der Waals surface area contributed by atoms with E-state index in [0.29, 0.717) is 19.4 Å². The Bertz CT molecular complexity index is 261. The van der Waals surface area contributed by atoms with E-state index in [1.807, 2.05) is 13.8 Å². The summed E-state index contributed by atoms with van der Waals surface area (Å²) in [7, 11) is 0. The third kappa shape index (κ3) is 3.20. The number of carboxylic acid groups (broad SMARTS) is 1. The molecular weight excluding hydrogens is 210 g/mol. The highest BCUT2D eigenvalue weighted by molar-refractivity contribution is 5.86. The quantitative estimate of drug-likeness (QED) is 0.730. The second-order valence-corrected chi connectivity index (χ2v) is 4.21. The van der Waals surface area contributed by atoms with Crippen molar-refractivity contribution in [3.8, 4) is 0 Å². The summed E-state index contributed by atoms with van der Waals surface area (Å²) in [5, 5.41) is 11.6. The molecule has 1 fully saturated rings. The number of amides is 1. The van der Waals surface area contributed by atoms with Crippen LogP contribution in [0.5, 0.6) is 0 Å². The Hall–Kier alpha value is -1.10. The third-order valence-electron chi connectivity index (χ3n) is 3.00. The van der Waals surface area contributed by atoms with Crippen LogP contribution in [0.25, 0.3) is 0 Å². The number of hydrogen-bond donors (Lipinski definition) is 2. The van der Waals surface area contributed by atoms with Crippen molar-refractivity contribution in [2.75, 3.05) is 6.61 Å². The standard InChI is InChI=1S/C11H19NO4/c1-3-7(2)9(11(14)15)12-10(13)8-5-4-6-16-8/h7-9H,3-6H2,1-2H3,(H,12,13)(H,14,15)/t7-,8+,9-/m1/s1. The first-order chi connectivity index (χ1) is 7.56. The van der Waals surface area contributed by atoms with E-state index in [4.69, 9.17) is 9.84 Å². The van der Waals surface area contributed by atoms with Gasteiger partial charge in [0.25, 0.3) is 0 Å². The molecule has 16 heavy (non-hydrogen) atoms. The van der Waals surface area contributed by atoms with Gasteiger partial charge in [0.15, 0.2) is 0 Å². The predicted molar refractivity (Wildman–Crippen MR) is 58.0 cm³/mol. The number of carbonyl (C=O) groups is 2. The van der Waals surface area contributed by atoms with E-state index in [1.54, 1.807) is 0 Å². The van der Waals surface area contributed by atoms with E-state index in [1.165, 1.54) is 0 Å². The highest BCUT2D eigenvalue weighted by Crippen LogP contribution is 2.14. The van der Waals surface area contributed by atoms with Crippen molar-refractivity contribution in [1.82, 2.24) is 5.32 Å². The molecule has 1 amide bonds. The van der Waals surface area contributed by atoms with Gasteiger partial charge in [0.05, 0.1) is 0 Å². The van der Waals surface area contributed by atoms with E-state index in [2.05, 4.69) is 5.32 Å². The molecular formula is C11H19NO4. The maximum atomic E-state index is 11.7. The number of aliphatic carboxylic acids is 1. The fourth-order valence-electron chi connectivity index (χ4n) is 1.71. The fraction of sp³-hybridized carbons (Fsp3) is 0.818. The summed E-state index contributed by atoms with van der Waals surface area (Å²) >= 11 is 0. The van der Waals surface area contributed by atoms with E-state index in [9.17, 15) is 9.59 Å². The zero-order valence-corrected chi connectivity index (χ0v) is 9.73. The topological polar surface area (TPSA) is 75.6 Å². The molecule has 0 aromatic carbocycles. The first-order valence-electron chi connectivity index (χ1n) is 5.71. The van der Waals surface area contributed by atoms with Gasteiger partial charge in [0.1, 0.15) is 12.1 Å². The summed E-state index contributed by atoms with van der Waals surface area (Å²) in [4.78, 5) is 22.7. The highest BCUT2D eigenvalue weighted by Gasteiger charge is 2.30. The van der Waals surface area contributed by atoms with Crippen LogP contribution in [0.1, 0.15) is 33.1 Å². The van der Waals surface area contributed by atoms with Crippen molar-refractivity contribution in [2.24, 2.45) is 5.92 Å². The summed E-state index contributed by atoms with van der Waals surface area (Å²) < 4.78 is 5.20. The predicted octanol–water partition coefficient (Wildman–Crippen LogP) is 0.781. The van der Waals surface area contributed by atoms with Gasteiger partial charge in [0, 0.05) is 6.61 Å². The average molecular weight is 229 g/mol. The van der Waals surface area contributed by atoms with Crippen LogP contribution in [0.4, 0.5) is 0 Å². The second-order valence-electron chi connectivity index (χ2n) is 4.21. The molecule has 1 rings (SSSR count). The van der Waals surface area contributed by atoms with Crippen LogP contribution in [0, 0.1) is 5.92 Å². The summed E-state index contributed by atoms with van der Waals surface area (Å²) in [6.45, 7) is 4.30. The van der Waals surface area contributed by atoms with Crippen molar-refractivity contribution in [2.45, 2.75) is 45.3 Å². The van der Waals surface area contributed by atoms with Crippen LogP contribution in [0.15, 0.2) is 0 Å². The molecule has 1 aliphatic heterocycles. The monoisotopic (exact) mass is 229 g/mol. The minimum Gasteiger partial charge on any atom is -0.480 e. The number of carboxylic acids is 1. The third-order valence-corrected chi connectivity index (χ3v) is 3.00. The van der Waals surface area contributed by atoms with Gasteiger partial charge >= 0.3 is 5.97 Å². The molecule has 5 heteroatoms. The van der Waals surface area contributed by atoms with Gasteiger partial charge in [-0.05, 0) is 18.8 Å². The van der Waals surface area contributed by atoms with Crippen LogP contribution in [-0.2, 0) is 14.3 Å². The molecule has 0 saturated carbocycles. The molecule has 1 heterocycles. The fourth-order valence-corrected chi connectivity index (χ4v) is 1.71. The van der Waals surface area contributed by atoms with Crippen molar-refractivity contribution >= 4 is 11.9 Å². The lowest BCUT2D eigenvalue weighted by Gasteiger charge is -2.21. The minimum atomic E-state index is -0.985. The number of ether oxygens (including phenoxy) is 1. The Morgan fingerprint density at radius 2 is 2.25 bits per heavy atom. The van der Waals surface area contributed by atoms with Crippen LogP contribution >= 0.6 is 0 Å². The van der Waals surface area contributed by atoms with Crippen LogP contribution in [0.2, 0.25) is 0 Å². The summed E-state index contributed by atoms with van der Waals surface area (Å²) in [5.74, 6) is -1.37. The zero-order valence-electron chi connectivity index (χ0n) is 9.73. The highest BCUT2D eigenvalue weighted by atomic mass is 16.5. The maximum absolute atomic E-state index is 11.7. The van der Waals surface area contributed by atoms with Crippen LogP contribution < -0.4 is 5.32 Å². The van der Waals surface area contributed by atoms with Crippen molar-refractivity contribution in [3.05, 3.63) is 0 Å². The lowest BCUT2D eigenvalue weighted by atomic mass is 9.99. The Labute approximate surface area is 95.2 Å². The van der Waals surface area contributed by atoms with E-state index in [0.717, 1.165) is 6.42 Å². The van der Waals surface area contributed by atoms with Crippen molar-refractivity contribution in [3.63, 3.8) is 0 Å². The summed E-state index contributed by atoms with van der Waals surface area (Å²) in [5.41, 5.74) is 0. The normalized spacial score (nSPS) is 23.8. The van der Waals surface area contributed by atoms with Crippen molar-refractivity contribution < 1.29 is 19.4 Å². The van der Waals surface area contributed by atoms with E-state index >= 15 is 0 Å². The van der Waals surface area contributed by atoms with Gasteiger partial charge in [-0.25, -0.2) is 4.79 Å². The van der Waals surface area contributed by atoms with Gasteiger partial charge in [-0.3, -0.25) is 4.79 Å². The minimum absolute atomic E-state index is 0.0807. The molecule has 1 saturated heterocycles. The average Bonchev–Trinajstić information content (AvgIpc) is 2.77. The molecule has 0 aromatic heterocycles. The van der Waals surface area contributed by atoms with Crippen LogP contribution in [0.3, 0.4) is 0 Å². The van der Waals surface area contributed by atoms with Gasteiger partial charge < -0.3 is 15.2 Å². The number of rotatable bonds is 5. The molecule has 5 nitrogen and oxygen atoms in total. The molecule has 0 radical (unpaired) electrons. The molecule has 3 atom stereocenters. The SMILES string of the molecule is CC[C@@H](C)[C@@H](NC(=O)[C@@H]1CCCO1)C(=O)O. The lowest BCUT2D eigenvalue weighted by molar-refractivity contribution is -0.145. The van der Waals surface area contributed by atoms with Gasteiger partial charge in [-0.15, -0.1) is 0 Å². The lowest BCUT2D eigenvalue weighted by Crippen LogP contribution is -2.48. The summed E-state index contributed by atoms with van der Waals surface area (Å²) in [6.07, 6.45) is 1.78. The Balaban J connectivity index is 2.53. The first kappa shape index (κ1) is 13.0. The Kier molecular flexibility index (Phi) is 4.73. The summed E-state index contributed by atoms with van der Waals surface area (Å²) in [6, 6.07) is -0.818. The van der Waals surface area contributed by atoms with E-state index in [-0.39, 0.29) is 11.8 Å². The molecule has 1 aliphatic rings. The second kappa shape index (κ2) is 5.84. The molecule has 92 valence electrons. The molecule has 0 spiro atoms. The molecule has 0 bridgehead atoms. The van der Waals surface area contributed by atoms with Gasteiger partial charge in [-0.1, -0.05) is 20.3 Å². The molecule has 0 unspecified atom stereocenters.